The predicted octanol–water partition coefficient (Wildman–Crippen LogP) is 5.35. The normalized spacial score (nSPS) is 19.9. The predicted molar refractivity (Wildman–Crippen MR) is 110 cm³/mol. The number of nitrogens with one attached hydrogen (secondary N) is 2. The molecule has 2 unspecified atom stereocenters. The minimum Gasteiger partial charge on any atom is -0.481 e. The Balaban J connectivity index is 2.08. The summed E-state index contributed by atoms with van der Waals surface area (Å²) in [6.45, 7) is 0. The van der Waals surface area contributed by atoms with Crippen LogP contribution in [0.25, 0.3) is 21.5 Å². The number of rotatable bonds is 4. The molecule has 4 nitrogen and oxygen atoms in total. The summed E-state index contributed by atoms with van der Waals surface area (Å²) >= 11 is 0. The molecule has 0 amide bonds. The molecule has 4 heteroatoms. The van der Waals surface area contributed by atoms with Crippen molar-refractivity contribution < 1.29 is 9.90 Å². The van der Waals surface area contributed by atoms with Gasteiger partial charge >= 0.3 is 5.97 Å². The molecule has 4 rings (SSSR count). The molecule has 0 radical (unpaired) electrons. The number of carbonyl (C=O) groups is 1. The minimum atomic E-state index is -0.759. The highest BCUT2D eigenvalue weighted by molar-refractivity contribution is 6.07. The van der Waals surface area contributed by atoms with Gasteiger partial charge < -0.3 is 15.9 Å². The Bertz CT molecular complexity index is 1070. The maximum Gasteiger partial charge on any atom is 0.307 e. The van der Waals surface area contributed by atoms with Crippen molar-refractivity contribution in [1.82, 2.24) is 0 Å². The number of fused-ring (bicyclic) bond motifs is 2. The Kier molecular flexibility index (Phi) is 4.48. The van der Waals surface area contributed by atoms with Gasteiger partial charge in [0.25, 0.3) is 0 Å². The van der Waals surface area contributed by atoms with Gasteiger partial charge in [0, 0.05) is 23.6 Å². The lowest BCUT2D eigenvalue weighted by Crippen LogP contribution is -2.26. The van der Waals surface area contributed by atoms with E-state index in [1.807, 2.05) is 18.2 Å². The molecule has 1 aliphatic rings. The molecule has 3 aromatic rings. The molecule has 136 valence electrons. The van der Waals surface area contributed by atoms with Crippen LogP contribution in [0.4, 0.5) is 0 Å². The molecule has 27 heavy (non-hydrogen) atoms. The maximum absolute atomic E-state index is 11.9. The molecule has 3 N–H and O–H groups in total. The van der Waals surface area contributed by atoms with Crippen molar-refractivity contribution in [3.8, 4) is 0 Å². The number of carboxylic acid groups (broad SMARTS) is 1. The van der Waals surface area contributed by atoms with Gasteiger partial charge in [-0.3, -0.25) is 4.79 Å². The highest BCUT2D eigenvalue weighted by Crippen LogP contribution is 2.43. The van der Waals surface area contributed by atoms with E-state index in [0.29, 0.717) is 17.5 Å². The van der Waals surface area contributed by atoms with Crippen LogP contribution < -0.4 is 0 Å². The zero-order chi connectivity index (χ0) is 19.0. The monoisotopic (exact) mass is 358 g/mol. The zero-order valence-corrected chi connectivity index (χ0v) is 15.0. The fraction of sp³-hybridized carbons (Fsp3) is 0.261. The fourth-order valence-corrected chi connectivity index (χ4v) is 4.61. The molecule has 1 saturated carbocycles. The standard InChI is InChI=1S/C23H22N2O2/c24-12-17-10-16-9-14-5-1-2-6-15(14)11-20(16)22(21(17)13-25)18-7-3-4-8-19(18)23(26)27/h1-2,5-6,9-13,18-19,24-25H,3-4,7-8H2,(H,26,27). The van der Waals surface area contributed by atoms with Crippen molar-refractivity contribution >= 4 is 39.9 Å². The quantitative estimate of drug-likeness (QED) is 0.434. The van der Waals surface area contributed by atoms with Crippen LogP contribution in [0.2, 0.25) is 0 Å². The number of hydrogen-bond donors (Lipinski definition) is 3. The van der Waals surface area contributed by atoms with E-state index in [2.05, 4.69) is 24.3 Å². The molecular formula is C23H22N2O2. The van der Waals surface area contributed by atoms with E-state index < -0.39 is 11.9 Å². The van der Waals surface area contributed by atoms with Crippen molar-refractivity contribution in [3.63, 3.8) is 0 Å². The van der Waals surface area contributed by atoms with E-state index in [4.69, 9.17) is 10.8 Å². The summed E-state index contributed by atoms with van der Waals surface area (Å²) in [6, 6.07) is 14.3. The third kappa shape index (κ3) is 2.91. The smallest absolute Gasteiger partial charge is 0.307 e. The lowest BCUT2D eigenvalue weighted by Gasteiger charge is -2.31. The van der Waals surface area contributed by atoms with Gasteiger partial charge in [-0.15, -0.1) is 0 Å². The molecule has 3 aromatic carbocycles. The second kappa shape index (κ2) is 6.95. The minimum absolute atomic E-state index is 0.128. The van der Waals surface area contributed by atoms with Gasteiger partial charge in [0.15, 0.2) is 0 Å². The second-order valence-electron chi connectivity index (χ2n) is 7.34. The van der Waals surface area contributed by atoms with Gasteiger partial charge in [0.05, 0.1) is 5.92 Å². The summed E-state index contributed by atoms with van der Waals surface area (Å²) in [5, 5.41) is 29.8. The number of aliphatic carboxylic acids is 1. The fourth-order valence-electron chi connectivity index (χ4n) is 4.61. The highest BCUT2D eigenvalue weighted by Gasteiger charge is 2.34. The number of hydrogen-bond acceptors (Lipinski definition) is 3. The van der Waals surface area contributed by atoms with Crippen molar-refractivity contribution in [2.24, 2.45) is 5.92 Å². The van der Waals surface area contributed by atoms with Crippen LogP contribution in [0.3, 0.4) is 0 Å². The van der Waals surface area contributed by atoms with Gasteiger partial charge in [-0.1, -0.05) is 37.1 Å². The Hall–Kier alpha value is -3.01. The average Bonchev–Trinajstić information content (AvgIpc) is 2.70. The van der Waals surface area contributed by atoms with E-state index in [-0.39, 0.29) is 5.92 Å². The van der Waals surface area contributed by atoms with Crippen LogP contribution in [0.1, 0.15) is 48.3 Å². The Morgan fingerprint density at radius 1 is 0.963 bits per heavy atom. The van der Waals surface area contributed by atoms with Gasteiger partial charge in [-0.05, 0) is 64.1 Å². The maximum atomic E-state index is 11.9. The summed E-state index contributed by atoms with van der Waals surface area (Å²) < 4.78 is 0. The van der Waals surface area contributed by atoms with Crippen LogP contribution in [-0.4, -0.2) is 23.5 Å². The lowest BCUT2D eigenvalue weighted by molar-refractivity contribution is -0.143. The van der Waals surface area contributed by atoms with Gasteiger partial charge in [-0.2, -0.15) is 0 Å². The largest absolute Gasteiger partial charge is 0.481 e. The van der Waals surface area contributed by atoms with E-state index in [9.17, 15) is 9.90 Å². The molecule has 0 bridgehead atoms. The van der Waals surface area contributed by atoms with E-state index in [0.717, 1.165) is 46.4 Å². The van der Waals surface area contributed by atoms with Gasteiger partial charge in [-0.25, -0.2) is 0 Å². The van der Waals surface area contributed by atoms with Crippen LogP contribution in [0.15, 0.2) is 42.5 Å². The summed E-state index contributed by atoms with van der Waals surface area (Å²) in [6.07, 6.45) is 5.96. The summed E-state index contributed by atoms with van der Waals surface area (Å²) in [5.41, 5.74) is 2.29. The Morgan fingerprint density at radius 2 is 1.67 bits per heavy atom. The van der Waals surface area contributed by atoms with Crippen molar-refractivity contribution in [1.29, 1.82) is 10.8 Å². The first kappa shape index (κ1) is 17.4. The number of carboxylic acids is 1. The van der Waals surface area contributed by atoms with Crippen LogP contribution in [-0.2, 0) is 4.79 Å². The molecule has 1 fully saturated rings. The Labute approximate surface area is 157 Å². The van der Waals surface area contributed by atoms with E-state index in [1.54, 1.807) is 0 Å². The first-order chi connectivity index (χ1) is 13.1. The molecule has 0 aliphatic heterocycles. The molecule has 0 heterocycles. The molecule has 2 atom stereocenters. The number of benzene rings is 3. The average molecular weight is 358 g/mol. The summed E-state index contributed by atoms with van der Waals surface area (Å²) in [4.78, 5) is 11.9. The van der Waals surface area contributed by atoms with Gasteiger partial charge in [0.2, 0.25) is 0 Å². The second-order valence-corrected chi connectivity index (χ2v) is 7.34. The van der Waals surface area contributed by atoms with Crippen LogP contribution in [0, 0.1) is 16.7 Å². The first-order valence-corrected chi connectivity index (χ1v) is 9.37. The van der Waals surface area contributed by atoms with Crippen molar-refractivity contribution in [3.05, 3.63) is 59.2 Å². The van der Waals surface area contributed by atoms with Crippen molar-refractivity contribution in [2.75, 3.05) is 0 Å². The van der Waals surface area contributed by atoms with E-state index >= 15 is 0 Å². The first-order valence-electron chi connectivity index (χ1n) is 9.37. The highest BCUT2D eigenvalue weighted by atomic mass is 16.4. The van der Waals surface area contributed by atoms with Crippen LogP contribution in [0.5, 0.6) is 0 Å². The zero-order valence-electron chi connectivity index (χ0n) is 15.0. The van der Waals surface area contributed by atoms with Crippen molar-refractivity contribution in [2.45, 2.75) is 31.6 Å². The van der Waals surface area contributed by atoms with E-state index in [1.165, 1.54) is 12.4 Å². The lowest BCUT2D eigenvalue weighted by atomic mass is 9.72. The summed E-state index contributed by atoms with van der Waals surface area (Å²) in [7, 11) is 0. The Morgan fingerprint density at radius 3 is 2.33 bits per heavy atom. The molecule has 1 aliphatic carbocycles. The molecular weight excluding hydrogens is 336 g/mol. The molecule has 0 aromatic heterocycles. The SMILES string of the molecule is N=Cc1cc2cc3ccccc3cc2c(C2CCCCC2C(=O)O)c1C=N. The van der Waals surface area contributed by atoms with Gasteiger partial charge in [0.1, 0.15) is 0 Å². The topological polar surface area (TPSA) is 85.0 Å². The summed E-state index contributed by atoms with van der Waals surface area (Å²) in [5.74, 6) is -1.32. The van der Waals surface area contributed by atoms with Crippen LogP contribution >= 0.6 is 0 Å². The molecule has 0 spiro atoms. The third-order valence-electron chi connectivity index (χ3n) is 5.87. The third-order valence-corrected chi connectivity index (χ3v) is 5.87. The molecule has 0 saturated heterocycles.